The highest BCUT2D eigenvalue weighted by atomic mass is 35.5. The lowest BCUT2D eigenvalue weighted by Crippen LogP contribution is -2.47. The van der Waals surface area contributed by atoms with Crippen LogP contribution in [0.25, 0.3) is 0 Å². The van der Waals surface area contributed by atoms with Crippen molar-refractivity contribution >= 4 is 46.5 Å². The lowest BCUT2D eigenvalue weighted by atomic mass is 10.1. The van der Waals surface area contributed by atoms with E-state index in [4.69, 9.17) is 23.2 Å². The molecule has 0 saturated carbocycles. The van der Waals surface area contributed by atoms with Gasteiger partial charge in [0.15, 0.2) is 0 Å². The minimum Gasteiger partial charge on any atom is -0.322 e. The van der Waals surface area contributed by atoms with E-state index in [0.717, 1.165) is 5.56 Å². The van der Waals surface area contributed by atoms with Crippen LogP contribution in [0.15, 0.2) is 41.5 Å². The predicted molar refractivity (Wildman–Crippen MR) is 103 cm³/mol. The van der Waals surface area contributed by atoms with Crippen molar-refractivity contribution in [3.8, 4) is 0 Å². The molecule has 1 aromatic heterocycles. The van der Waals surface area contributed by atoms with E-state index in [1.54, 1.807) is 24.3 Å². The average Bonchev–Trinajstić information content (AvgIpc) is 2.67. The molecule has 0 saturated heterocycles. The first kappa shape index (κ1) is 19.7. The third-order valence-electron chi connectivity index (χ3n) is 3.18. The molecule has 2 amide bonds. The van der Waals surface area contributed by atoms with Crippen molar-refractivity contribution < 1.29 is 9.59 Å². The highest BCUT2D eigenvalue weighted by molar-refractivity contribution is 6.41. The Bertz CT molecular complexity index is 838. The van der Waals surface area contributed by atoms with Gasteiger partial charge in [-0.1, -0.05) is 37.0 Å². The van der Waals surface area contributed by atoms with E-state index in [1.165, 1.54) is 12.3 Å². The van der Waals surface area contributed by atoms with Gasteiger partial charge in [-0.05, 0) is 30.3 Å². The SMILES string of the molecule is CC.O=C1CN=C(c2ccc(NC(=O)c3cnc(Cl)c(Cl)c3)cc2)NN1. The minimum atomic E-state index is -0.353. The molecule has 2 heterocycles. The van der Waals surface area contributed by atoms with Crippen LogP contribution >= 0.6 is 23.2 Å². The normalized spacial score (nSPS) is 12.8. The standard InChI is InChI=1S/C15H11Cl2N5O2.C2H6/c16-11-5-9(6-18-13(11)17)15(24)20-10-3-1-8(2-4-10)14-19-7-12(23)21-22-14;1-2/h1-6H,7H2,(H,19,22)(H,20,24)(H,21,23);1-2H3. The molecule has 0 atom stereocenters. The number of carbonyl (C=O) groups is 2. The summed E-state index contributed by atoms with van der Waals surface area (Å²) in [5, 5.41) is 3.09. The molecule has 0 unspecified atom stereocenters. The second-order valence-electron chi connectivity index (χ2n) is 4.87. The summed E-state index contributed by atoms with van der Waals surface area (Å²) in [6.07, 6.45) is 1.35. The number of anilines is 1. The third-order valence-corrected chi connectivity index (χ3v) is 3.86. The number of benzene rings is 1. The number of rotatable bonds is 3. The van der Waals surface area contributed by atoms with Crippen molar-refractivity contribution in [1.29, 1.82) is 0 Å². The summed E-state index contributed by atoms with van der Waals surface area (Å²) in [6, 6.07) is 8.43. The number of hydrogen-bond donors (Lipinski definition) is 3. The number of amides is 2. The topological polar surface area (TPSA) is 95.5 Å². The molecule has 1 aliphatic rings. The first-order valence-electron chi connectivity index (χ1n) is 7.85. The lowest BCUT2D eigenvalue weighted by Gasteiger charge is -2.15. The van der Waals surface area contributed by atoms with Crippen LogP contribution in [0.2, 0.25) is 10.2 Å². The number of hydrogen-bond acceptors (Lipinski definition) is 5. The van der Waals surface area contributed by atoms with E-state index < -0.39 is 0 Å². The van der Waals surface area contributed by atoms with Gasteiger partial charge < -0.3 is 5.32 Å². The summed E-state index contributed by atoms with van der Waals surface area (Å²) in [6.45, 7) is 4.07. The maximum absolute atomic E-state index is 12.2. The number of aromatic nitrogens is 1. The fourth-order valence-electron chi connectivity index (χ4n) is 1.98. The molecule has 0 radical (unpaired) electrons. The molecule has 3 rings (SSSR count). The Hall–Kier alpha value is -2.64. The van der Waals surface area contributed by atoms with Gasteiger partial charge in [-0.25, -0.2) is 4.98 Å². The average molecular weight is 394 g/mol. The van der Waals surface area contributed by atoms with Gasteiger partial charge in [-0.2, -0.15) is 0 Å². The summed E-state index contributed by atoms with van der Waals surface area (Å²) in [5.41, 5.74) is 6.87. The Balaban J connectivity index is 0.00000117. The summed E-state index contributed by atoms with van der Waals surface area (Å²) in [5.74, 6) is 0.00763. The summed E-state index contributed by atoms with van der Waals surface area (Å²) >= 11 is 11.6. The smallest absolute Gasteiger partial charge is 0.260 e. The van der Waals surface area contributed by atoms with Gasteiger partial charge in [0, 0.05) is 17.4 Å². The summed E-state index contributed by atoms with van der Waals surface area (Å²) in [4.78, 5) is 31.2. The van der Waals surface area contributed by atoms with Crippen molar-refractivity contribution in [2.45, 2.75) is 13.8 Å². The van der Waals surface area contributed by atoms with E-state index >= 15 is 0 Å². The Morgan fingerprint density at radius 1 is 1.15 bits per heavy atom. The first-order valence-corrected chi connectivity index (χ1v) is 8.60. The van der Waals surface area contributed by atoms with Crippen LogP contribution in [-0.4, -0.2) is 29.2 Å². The van der Waals surface area contributed by atoms with Gasteiger partial charge in [0.2, 0.25) is 0 Å². The Morgan fingerprint density at radius 2 is 1.85 bits per heavy atom. The number of hydrazine groups is 1. The zero-order valence-electron chi connectivity index (χ0n) is 14.1. The van der Waals surface area contributed by atoms with Crippen molar-refractivity contribution in [2.24, 2.45) is 4.99 Å². The van der Waals surface area contributed by atoms with Crippen molar-refractivity contribution in [2.75, 3.05) is 11.9 Å². The van der Waals surface area contributed by atoms with Gasteiger partial charge in [0.05, 0.1) is 10.6 Å². The van der Waals surface area contributed by atoms with Crippen LogP contribution < -0.4 is 16.2 Å². The maximum Gasteiger partial charge on any atom is 0.260 e. The van der Waals surface area contributed by atoms with E-state index in [1.807, 2.05) is 13.8 Å². The quantitative estimate of drug-likeness (QED) is 0.698. The molecule has 0 bridgehead atoms. The molecular formula is C17H17Cl2N5O2. The number of amidine groups is 1. The van der Waals surface area contributed by atoms with Crippen LogP contribution in [0.5, 0.6) is 0 Å². The molecule has 2 aromatic rings. The molecule has 1 aromatic carbocycles. The number of carbonyl (C=O) groups excluding carboxylic acids is 2. The second-order valence-corrected chi connectivity index (χ2v) is 5.63. The highest BCUT2D eigenvalue weighted by Gasteiger charge is 2.12. The molecule has 136 valence electrons. The van der Waals surface area contributed by atoms with Crippen LogP contribution in [0.3, 0.4) is 0 Å². The summed E-state index contributed by atoms with van der Waals surface area (Å²) < 4.78 is 0. The second kappa shape index (κ2) is 9.17. The third kappa shape index (κ3) is 4.93. The lowest BCUT2D eigenvalue weighted by molar-refractivity contribution is -0.120. The molecule has 0 spiro atoms. The van der Waals surface area contributed by atoms with Gasteiger partial charge >= 0.3 is 0 Å². The van der Waals surface area contributed by atoms with E-state index in [-0.39, 0.29) is 28.5 Å². The molecule has 1 aliphatic heterocycles. The fourth-order valence-corrected chi connectivity index (χ4v) is 2.25. The Kier molecular flexibility index (Phi) is 6.94. The van der Waals surface area contributed by atoms with Gasteiger partial charge in [0.1, 0.15) is 17.5 Å². The fraction of sp³-hybridized carbons (Fsp3) is 0.176. The number of nitrogens with one attached hydrogen (secondary N) is 3. The van der Waals surface area contributed by atoms with Crippen molar-refractivity contribution in [1.82, 2.24) is 15.8 Å². The molecule has 9 heteroatoms. The van der Waals surface area contributed by atoms with Gasteiger partial charge in [-0.15, -0.1) is 0 Å². The van der Waals surface area contributed by atoms with E-state index in [2.05, 4.69) is 26.1 Å². The predicted octanol–water partition coefficient (Wildman–Crippen LogP) is 3.05. The largest absolute Gasteiger partial charge is 0.322 e. The zero-order valence-corrected chi connectivity index (χ0v) is 15.6. The number of pyridine rings is 1. The van der Waals surface area contributed by atoms with Crippen molar-refractivity contribution in [3.05, 3.63) is 57.8 Å². The molecule has 26 heavy (non-hydrogen) atoms. The molecular weight excluding hydrogens is 377 g/mol. The highest BCUT2D eigenvalue weighted by Crippen LogP contribution is 2.20. The van der Waals surface area contributed by atoms with Crippen LogP contribution in [0.4, 0.5) is 5.69 Å². The number of halogens is 2. The van der Waals surface area contributed by atoms with E-state index in [0.29, 0.717) is 17.1 Å². The molecule has 7 nitrogen and oxygen atoms in total. The van der Waals surface area contributed by atoms with Gasteiger partial charge in [0.25, 0.3) is 11.8 Å². The molecule has 0 fully saturated rings. The van der Waals surface area contributed by atoms with Crippen LogP contribution in [0, 0.1) is 0 Å². The molecule has 0 aliphatic carbocycles. The molecule has 3 N–H and O–H groups in total. The number of nitrogens with zero attached hydrogens (tertiary/aromatic N) is 2. The van der Waals surface area contributed by atoms with E-state index in [9.17, 15) is 9.59 Å². The van der Waals surface area contributed by atoms with Gasteiger partial charge in [-0.3, -0.25) is 25.4 Å². The Labute approximate surface area is 160 Å². The Morgan fingerprint density at radius 3 is 2.42 bits per heavy atom. The van der Waals surface area contributed by atoms with Crippen LogP contribution in [0.1, 0.15) is 29.8 Å². The van der Waals surface area contributed by atoms with Crippen LogP contribution in [-0.2, 0) is 4.79 Å². The zero-order chi connectivity index (χ0) is 19.1. The minimum absolute atomic E-state index is 0.0746. The first-order chi connectivity index (χ1) is 12.5. The number of aliphatic imine (C=N–C) groups is 1. The summed E-state index contributed by atoms with van der Waals surface area (Å²) in [7, 11) is 0. The monoisotopic (exact) mass is 393 g/mol. The van der Waals surface area contributed by atoms with Crippen molar-refractivity contribution in [3.63, 3.8) is 0 Å². The maximum atomic E-state index is 12.2.